The maximum atomic E-state index is 12.3. The van der Waals surface area contributed by atoms with Crippen LogP contribution >= 0.6 is 0 Å². The number of nitrogens with zero attached hydrogens (tertiary/aromatic N) is 2. The number of amides is 2. The van der Waals surface area contributed by atoms with Crippen LogP contribution in [-0.2, 0) is 4.79 Å². The second kappa shape index (κ2) is 5.66. The van der Waals surface area contributed by atoms with E-state index in [1.807, 2.05) is 9.80 Å². The Morgan fingerprint density at radius 1 is 1.40 bits per heavy atom. The Labute approximate surface area is 117 Å². The maximum absolute atomic E-state index is 12.3. The number of rotatable bonds is 2. The molecule has 2 fully saturated rings. The van der Waals surface area contributed by atoms with Crippen molar-refractivity contribution in [2.24, 2.45) is 0 Å². The summed E-state index contributed by atoms with van der Waals surface area (Å²) in [5.74, 6) is 0.130. The first-order valence-corrected chi connectivity index (χ1v) is 7.07. The molecule has 0 aromatic carbocycles. The van der Waals surface area contributed by atoms with Crippen molar-refractivity contribution < 1.29 is 14.0 Å². The fourth-order valence-electron chi connectivity index (χ4n) is 2.97. The van der Waals surface area contributed by atoms with E-state index in [2.05, 4.69) is 5.32 Å². The molecule has 3 rings (SSSR count). The molecule has 2 amide bonds. The van der Waals surface area contributed by atoms with Gasteiger partial charge in [-0.15, -0.1) is 0 Å². The molecular weight excluding hydrogens is 258 g/mol. The van der Waals surface area contributed by atoms with E-state index in [4.69, 9.17) is 4.42 Å². The SMILES string of the molecule is O=C(c1ccoc1)N1CCCC(N2CCNCC2=O)C1. The lowest BCUT2D eigenvalue weighted by atomic mass is 10.0. The van der Waals surface area contributed by atoms with Crippen molar-refractivity contribution in [3.05, 3.63) is 24.2 Å². The fourth-order valence-corrected chi connectivity index (χ4v) is 2.97. The predicted octanol–water partition coefficient (Wildman–Crippen LogP) is 0.316. The van der Waals surface area contributed by atoms with E-state index < -0.39 is 0 Å². The number of hydrogen-bond acceptors (Lipinski definition) is 4. The van der Waals surface area contributed by atoms with Crippen molar-refractivity contribution in [2.75, 3.05) is 32.7 Å². The van der Waals surface area contributed by atoms with Gasteiger partial charge in [0, 0.05) is 32.2 Å². The van der Waals surface area contributed by atoms with Crippen LogP contribution in [-0.4, -0.2) is 60.4 Å². The highest BCUT2D eigenvalue weighted by atomic mass is 16.3. The second-order valence-corrected chi connectivity index (χ2v) is 5.32. The Hall–Kier alpha value is -1.82. The highest BCUT2D eigenvalue weighted by molar-refractivity contribution is 5.94. The summed E-state index contributed by atoms with van der Waals surface area (Å²) < 4.78 is 4.97. The zero-order valence-electron chi connectivity index (χ0n) is 11.4. The minimum absolute atomic E-state index is 0.00830. The molecule has 1 aromatic rings. The Morgan fingerprint density at radius 2 is 2.30 bits per heavy atom. The second-order valence-electron chi connectivity index (χ2n) is 5.32. The lowest BCUT2D eigenvalue weighted by molar-refractivity contribution is -0.135. The van der Waals surface area contributed by atoms with Crippen LogP contribution in [0.15, 0.2) is 23.0 Å². The van der Waals surface area contributed by atoms with Gasteiger partial charge >= 0.3 is 0 Å². The van der Waals surface area contributed by atoms with Gasteiger partial charge in [0.1, 0.15) is 6.26 Å². The fraction of sp³-hybridized carbons (Fsp3) is 0.571. The highest BCUT2D eigenvalue weighted by Crippen LogP contribution is 2.19. The third-order valence-corrected chi connectivity index (χ3v) is 4.02. The van der Waals surface area contributed by atoms with Crippen molar-refractivity contribution in [3.8, 4) is 0 Å². The standard InChI is InChI=1S/C14H19N3O3/c18-13-8-15-4-6-17(13)12-2-1-5-16(9-12)14(19)11-3-7-20-10-11/h3,7,10,12,15H,1-2,4-6,8-9H2. The van der Waals surface area contributed by atoms with Gasteiger partial charge in [0.25, 0.3) is 5.91 Å². The largest absolute Gasteiger partial charge is 0.472 e. The molecule has 3 heterocycles. The molecule has 0 radical (unpaired) electrons. The number of hydrogen-bond donors (Lipinski definition) is 1. The van der Waals surface area contributed by atoms with Gasteiger partial charge in [-0.2, -0.15) is 0 Å². The van der Waals surface area contributed by atoms with E-state index in [1.165, 1.54) is 12.5 Å². The smallest absolute Gasteiger partial charge is 0.257 e. The Bertz CT molecular complexity index is 486. The van der Waals surface area contributed by atoms with Crippen LogP contribution in [0.3, 0.4) is 0 Å². The molecule has 6 heteroatoms. The molecule has 0 spiro atoms. The van der Waals surface area contributed by atoms with Crippen LogP contribution in [0.25, 0.3) is 0 Å². The van der Waals surface area contributed by atoms with E-state index in [1.54, 1.807) is 6.07 Å². The van der Waals surface area contributed by atoms with Crippen LogP contribution < -0.4 is 5.32 Å². The molecule has 108 valence electrons. The summed E-state index contributed by atoms with van der Waals surface area (Å²) in [6.45, 7) is 3.35. The third-order valence-electron chi connectivity index (χ3n) is 4.02. The van der Waals surface area contributed by atoms with Gasteiger partial charge in [0.2, 0.25) is 5.91 Å². The van der Waals surface area contributed by atoms with Gasteiger partial charge in [0.15, 0.2) is 0 Å². The van der Waals surface area contributed by atoms with E-state index in [-0.39, 0.29) is 17.9 Å². The molecule has 20 heavy (non-hydrogen) atoms. The van der Waals surface area contributed by atoms with E-state index in [0.29, 0.717) is 18.7 Å². The van der Waals surface area contributed by atoms with Crippen LogP contribution in [0.2, 0.25) is 0 Å². The van der Waals surface area contributed by atoms with E-state index >= 15 is 0 Å². The van der Waals surface area contributed by atoms with Gasteiger partial charge in [-0.1, -0.05) is 0 Å². The summed E-state index contributed by atoms with van der Waals surface area (Å²) in [5.41, 5.74) is 0.581. The summed E-state index contributed by atoms with van der Waals surface area (Å²) in [4.78, 5) is 28.0. The molecular formula is C14H19N3O3. The minimum Gasteiger partial charge on any atom is -0.472 e. The average molecular weight is 277 g/mol. The number of likely N-dealkylation sites (tertiary alicyclic amines) is 1. The average Bonchev–Trinajstić information content (AvgIpc) is 3.01. The van der Waals surface area contributed by atoms with Gasteiger partial charge in [-0.3, -0.25) is 9.59 Å². The predicted molar refractivity (Wildman–Crippen MR) is 72.2 cm³/mol. The maximum Gasteiger partial charge on any atom is 0.257 e. The molecule has 1 unspecified atom stereocenters. The zero-order chi connectivity index (χ0) is 13.9. The van der Waals surface area contributed by atoms with Crippen LogP contribution in [0.1, 0.15) is 23.2 Å². The first kappa shape index (κ1) is 13.2. The van der Waals surface area contributed by atoms with Crippen molar-refractivity contribution in [3.63, 3.8) is 0 Å². The van der Waals surface area contributed by atoms with Gasteiger partial charge in [-0.25, -0.2) is 0 Å². The molecule has 2 aliphatic heterocycles. The van der Waals surface area contributed by atoms with Crippen LogP contribution in [0.5, 0.6) is 0 Å². The van der Waals surface area contributed by atoms with Crippen molar-refractivity contribution >= 4 is 11.8 Å². The van der Waals surface area contributed by atoms with Crippen LogP contribution in [0.4, 0.5) is 0 Å². The topological polar surface area (TPSA) is 65.8 Å². The quantitative estimate of drug-likeness (QED) is 0.845. The molecule has 0 aliphatic carbocycles. The van der Waals surface area contributed by atoms with Gasteiger partial charge < -0.3 is 19.5 Å². The number of furan rings is 1. The summed E-state index contributed by atoms with van der Waals surface area (Å²) in [5, 5.41) is 3.08. The number of piperazine rings is 1. The Morgan fingerprint density at radius 3 is 3.05 bits per heavy atom. The number of nitrogens with one attached hydrogen (secondary N) is 1. The molecule has 6 nitrogen and oxygen atoms in total. The van der Waals surface area contributed by atoms with Crippen LogP contribution in [0, 0.1) is 0 Å². The Kier molecular flexibility index (Phi) is 3.73. The number of piperidine rings is 1. The first-order chi connectivity index (χ1) is 9.75. The van der Waals surface area contributed by atoms with Crippen molar-refractivity contribution in [1.82, 2.24) is 15.1 Å². The molecule has 1 N–H and O–H groups in total. The van der Waals surface area contributed by atoms with E-state index in [9.17, 15) is 9.59 Å². The highest BCUT2D eigenvalue weighted by Gasteiger charge is 2.32. The monoisotopic (exact) mass is 277 g/mol. The summed E-state index contributed by atoms with van der Waals surface area (Å²) in [6, 6.07) is 1.83. The summed E-state index contributed by atoms with van der Waals surface area (Å²) in [7, 11) is 0. The summed E-state index contributed by atoms with van der Waals surface area (Å²) >= 11 is 0. The normalized spacial score (nSPS) is 24.0. The molecule has 1 aromatic heterocycles. The summed E-state index contributed by atoms with van der Waals surface area (Å²) in [6.07, 6.45) is 4.89. The number of carbonyl (C=O) groups is 2. The molecule has 2 saturated heterocycles. The van der Waals surface area contributed by atoms with Gasteiger partial charge in [-0.05, 0) is 18.9 Å². The molecule has 0 bridgehead atoms. The first-order valence-electron chi connectivity index (χ1n) is 7.07. The zero-order valence-corrected chi connectivity index (χ0v) is 11.4. The lowest BCUT2D eigenvalue weighted by Crippen LogP contribution is -2.57. The molecule has 2 aliphatic rings. The minimum atomic E-state index is -0.00830. The third kappa shape index (κ3) is 2.56. The Balaban J connectivity index is 1.67. The molecule has 1 atom stereocenters. The lowest BCUT2D eigenvalue weighted by Gasteiger charge is -2.41. The van der Waals surface area contributed by atoms with Crippen molar-refractivity contribution in [2.45, 2.75) is 18.9 Å². The molecule has 0 saturated carbocycles. The van der Waals surface area contributed by atoms with E-state index in [0.717, 1.165) is 32.5 Å². The van der Waals surface area contributed by atoms with Crippen molar-refractivity contribution in [1.29, 1.82) is 0 Å². The van der Waals surface area contributed by atoms with Gasteiger partial charge in [0.05, 0.1) is 18.4 Å². The number of carbonyl (C=O) groups excluding carboxylic acids is 2.